The van der Waals surface area contributed by atoms with Crippen LogP contribution >= 0.6 is 11.6 Å². The van der Waals surface area contributed by atoms with Crippen molar-refractivity contribution in [2.75, 3.05) is 26.5 Å². The monoisotopic (exact) mass is 441 g/mol. The molecule has 0 aliphatic carbocycles. The number of fused-ring (bicyclic) bond motifs is 1. The molecule has 1 fully saturated rings. The lowest BCUT2D eigenvalue weighted by Gasteiger charge is -2.32. The number of ether oxygens (including phenoxy) is 3. The molecule has 0 aromatic heterocycles. The molecule has 0 spiro atoms. The minimum absolute atomic E-state index is 0.194. The van der Waals surface area contributed by atoms with E-state index in [1.165, 1.54) is 17.7 Å². The normalized spacial score (nSPS) is 19.3. The van der Waals surface area contributed by atoms with Crippen LogP contribution in [0.3, 0.4) is 0 Å². The summed E-state index contributed by atoms with van der Waals surface area (Å²) in [4.78, 5) is 0. The summed E-state index contributed by atoms with van der Waals surface area (Å²) in [6, 6.07) is 21.9. The maximum Gasteiger partial charge on any atom is 0.231 e. The predicted molar refractivity (Wildman–Crippen MR) is 120 cm³/mol. The van der Waals surface area contributed by atoms with Gasteiger partial charge in [-0.3, -0.25) is 0 Å². The second kappa shape index (κ2) is 10.5. The average Bonchev–Trinajstić information content (AvgIpc) is 3.27. The Morgan fingerprint density at radius 2 is 1.74 bits per heavy atom. The quantitative estimate of drug-likeness (QED) is 0.566. The van der Waals surface area contributed by atoms with E-state index < -0.39 is 0 Å². The minimum Gasteiger partial charge on any atom is -0.493 e. The van der Waals surface area contributed by atoms with Gasteiger partial charge in [-0.05, 0) is 60.8 Å². The molecule has 3 aromatic rings. The highest BCUT2D eigenvalue weighted by Gasteiger charge is 2.27. The summed E-state index contributed by atoms with van der Waals surface area (Å²) in [6.45, 7) is 2.74. The highest BCUT2D eigenvalue weighted by Crippen LogP contribution is 2.36. The van der Waals surface area contributed by atoms with E-state index in [1.807, 2.05) is 60.7 Å². The highest BCUT2D eigenvalue weighted by molar-refractivity contribution is 6.30. The zero-order valence-electron chi connectivity index (χ0n) is 17.1. The van der Waals surface area contributed by atoms with Crippen molar-refractivity contribution >= 4 is 11.6 Å². The zero-order valence-corrected chi connectivity index (χ0v) is 17.9. The smallest absolute Gasteiger partial charge is 0.231 e. The topological polar surface area (TPSA) is 39.7 Å². The van der Waals surface area contributed by atoms with Crippen molar-refractivity contribution < 1.29 is 18.6 Å². The summed E-state index contributed by atoms with van der Waals surface area (Å²) in [5.74, 6) is 2.79. The van der Waals surface area contributed by atoms with Gasteiger partial charge in [0.05, 0.1) is 6.61 Å². The molecule has 4 nitrogen and oxygen atoms in total. The van der Waals surface area contributed by atoms with Crippen molar-refractivity contribution in [1.82, 2.24) is 5.32 Å². The lowest BCUT2D eigenvalue weighted by Crippen LogP contribution is -2.38. The predicted octanol–water partition coefficient (Wildman–Crippen LogP) is 5.67. The fourth-order valence-electron chi connectivity index (χ4n) is 3.83. The van der Waals surface area contributed by atoms with Gasteiger partial charge in [0.15, 0.2) is 11.5 Å². The summed E-state index contributed by atoms with van der Waals surface area (Å²) in [6.07, 6.45) is 1.03. The molecule has 6 heteroatoms. The molecule has 0 saturated carbocycles. The van der Waals surface area contributed by atoms with E-state index in [0.29, 0.717) is 18.4 Å². The van der Waals surface area contributed by atoms with Crippen LogP contribution in [-0.4, -0.2) is 26.5 Å². The van der Waals surface area contributed by atoms with Crippen LogP contribution in [-0.2, 0) is 0 Å². The third-order valence-corrected chi connectivity index (χ3v) is 5.70. The molecule has 0 radical (unpaired) electrons. The fraction of sp³-hybridized carbons (Fsp3) is 0.280. The van der Waals surface area contributed by atoms with Crippen LogP contribution in [0.4, 0.5) is 4.39 Å². The van der Waals surface area contributed by atoms with Crippen molar-refractivity contribution in [1.29, 1.82) is 0 Å². The maximum atomic E-state index is 13.2. The SMILES string of the molecule is Clc1ccccc1.Fc1ccc([C@@H]2CCNC[C@H]2COc2ccc3c(c2)OCO3)cc1. The molecule has 2 atom stereocenters. The van der Waals surface area contributed by atoms with Crippen LogP contribution in [0, 0.1) is 11.7 Å². The molecule has 3 aromatic carbocycles. The van der Waals surface area contributed by atoms with Gasteiger partial charge in [0.25, 0.3) is 0 Å². The molecular formula is C25H25ClFNO3. The Morgan fingerprint density at radius 1 is 0.968 bits per heavy atom. The van der Waals surface area contributed by atoms with Crippen LogP contribution in [0.25, 0.3) is 0 Å². The Morgan fingerprint density at radius 3 is 2.48 bits per heavy atom. The van der Waals surface area contributed by atoms with E-state index >= 15 is 0 Å². The van der Waals surface area contributed by atoms with Gasteiger partial charge in [-0.2, -0.15) is 0 Å². The first-order valence-corrected chi connectivity index (χ1v) is 10.8. The maximum absolute atomic E-state index is 13.2. The molecule has 2 aliphatic rings. The molecular weight excluding hydrogens is 417 g/mol. The first-order valence-electron chi connectivity index (χ1n) is 10.4. The summed E-state index contributed by atoms with van der Waals surface area (Å²) in [5, 5.41) is 4.22. The number of nitrogens with one attached hydrogen (secondary N) is 1. The Bertz CT molecular complexity index is 968. The van der Waals surface area contributed by atoms with E-state index in [-0.39, 0.29) is 12.6 Å². The first kappa shape index (κ1) is 21.5. The number of halogens is 2. The number of hydrogen-bond donors (Lipinski definition) is 1. The Labute approximate surface area is 186 Å². The fourth-order valence-corrected chi connectivity index (χ4v) is 3.98. The zero-order chi connectivity index (χ0) is 21.5. The second-order valence-corrected chi connectivity index (χ2v) is 7.97. The van der Waals surface area contributed by atoms with Gasteiger partial charge in [-0.25, -0.2) is 4.39 Å². The van der Waals surface area contributed by atoms with Crippen LogP contribution in [0.5, 0.6) is 17.2 Å². The van der Waals surface area contributed by atoms with E-state index in [2.05, 4.69) is 5.32 Å². The van der Waals surface area contributed by atoms with Crippen molar-refractivity contribution in [2.24, 2.45) is 5.92 Å². The first-order chi connectivity index (χ1) is 15.2. The molecule has 5 rings (SSSR count). The molecule has 0 amide bonds. The summed E-state index contributed by atoms with van der Waals surface area (Å²) in [7, 11) is 0. The largest absolute Gasteiger partial charge is 0.493 e. The molecule has 0 unspecified atom stereocenters. The molecule has 1 N–H and O–H groups in total. The lowest BCUT2D eigenvalue weighted by atomic mass is 9.81. The van der Waals surface area contributed by atoms with Gasteiger partial charge in [0.1, 0.15) is 11.6 Å². The molecule has 2 aliphatic heterocycles. The Balaban J connectivity index is 0.000000282. The van der Waals surface area contributed by atoms with Gasteiger partial charge in [-0.15, -0.1) is 0 Å². The molecule has 1 saturated heterocycles. The number of benzene rings is 3. The second-order valence-electron chi connectivity index (χ2n) is 7.53. The molecule has 162 valence electrons. The average molecular weight is 442 g/mol. The van der Waals surface area contributed by atoms with Crippen molar-refractivity contribution in [3.63, 3.8) is 0 Å². The van der Waals surface area contributed by atoms with Crippen molar-refractivity contribution in [2.45, 2.75) is 12.3 Å². The number of hydrogen-bond acceptors (Lipinski definition) is 4. The Hall–Kier alpha value is -2.76. The molecule has 2 heterocycles. The molecule has 31 heavy (non-hydrogen) atoms. The van der Waals surface area contributed by atoms with Crippen LogP contribution in [0.15, 0.2) is 72.8 Å². The third kappa shape index (κ3) is 5.90. The van der Waals surface area contributed by atoms with E-state index in [0.717, 1.165) is 41.8 Å². The molecule has 0 bridgehead atoms. The van der Waals surface area contributed by atoms with Gasteiger partial charge in [0.2, 0.25) is 6.79 Å². The van der Waals surface area contributed by atoms with Crippen molar-refractivity contribution in [3.8, 4) is 17.2 Å². The number of piperidine rings is 1. The summed E-state index contributed by atoms with van der Waals surface area (Å²) >= 11 is 5.54. The summed E-state index contributed by atoms with van der Waals surface area (Å²) in [5.41, 5.74) is 1.18. The Kier molecular flexibility index (Phi) is 7.28. The van der Waals surface area contributed by atoms with Gasteiger partial charge in [-0.1, -0.05) is 41.9 Å². The van der Waals surface area contributed by atoms with Crippen LogP contribution < -0.4 is 19.5 Å². The highest BCUT2D eigenvalue weighted by atomic mass is 35.5. The van der Waals surface area contributed by atoms with E-state index in [9.17, 15) is 4.39 Å². The van der Waals surface area contributed by atoms with Gasteiger partial charge in [0, 0.05) is 23.6 Å². The number of rotatable bonds is 4. The summed E-state index contributed by atoms with van der Waals surface area (Å²) < 4.78 is 29.9. The van der Waals surface area contributed by atoms with Crippen molar-refractivity contribution in [3.05, 3.63) is 89.2 Å². The third-order valence-electron chi connectivity index (χ3n) is 5.45. The van der Waals surface area contributed by atoms with E-state index in [4.69, 9.17) is 25.8 Å². The van der Waals surface area contributed by atoms with Crippen LogP contribution in [0.2, 0.25) is 5.02 Å². The minimum atomic E-state index is -0.194. The standard InChI is InChI=1S/C19H20FNO3.C6H5Cl/c20-15-3-1-13(2-4-15)17-7-8-21-10-14(17)11-22-16-5-6-18-19(9-16)24-12-23-18;7-6-4-2-1-3-5-6/h1-6,9,14,17,21H,7-8,10-12H2;1-5H/t14-,17-;/m0./s1. The van der Waals surface area contributed by atoms with Crippen LogP contribution in [0.1, 0.15) is 17.9 Å². The van der Waals surface area contributed by atoms with E-state index in [1.54, 1.807) is 0 Å². The van der Waals surface area contributed by atoms with Gasteiger partial charge < -0.3 is 19.5 Å². The van der Waals surface area contributed by atoms with Gasteiger partial charge >= 0.3 is 0 Å². The lowest BCUT2D eigenvalue weighted by molar-refractivity contribution is 0.173.